The van der Waals surface area contributed by atoms with Crippen LogP contribution in [0.4, 0.5) is 22.2 Å². The van der Waals surface area contributed by atoms with Crippen molar-refractivity contribution in [3.05, 3.63) is 64.7 Å². The van der Waals surface area contributed by atoms with E-state index in [0.717, 1.165) is 28.2 Å². The van der Waals surface area contributed by atoms with E-state index in [9.17, 15) is 0 Å². The summed E-state index contributed by atoms with van der Waals surface area (Å²) in [5.74, 6) is 0. The molecule has 1 heterocycles. The normalized spacial score (nSPS) is 11.6. The molecule has 24 heavy (non-hydrogen) atoms. The van der Waals surface area contributed by atoms with E-state index in [2.05, 4.69) is 38.4 Å². The van der Waals surface area contributed by atoms with Crippen LogP contribution in [-0.2, 0) is 0 Å². The smallest absolute Gasteiger partial charge is 0.226 e. The Hall–Kier alpha value is -2.73. The Morgan fingerprint density at radius 1 is 0.792 bits per heavy atom. The zero-order chi connectivity index (χ0) is 16.9. The molecular weight excluding hydrogens is 318 g/mol. The minimum atomic E-state index is 0.646. The second kappa shape index (κ2) is 7.23. The summed E-state index contributed by atoms with van der Waals surface area (Å²) >= 11 is 1.45. The van der Waals surface area contributed by atoms with E-state index < -0.39 is 0 Å². The van der Waals surface area contributed by atoms with Crippen LogP contribution in [0.15, 0.2) is 68.4 Å². The number of hydrogen-bond donors (Lipinski definition) is 0. The lowest BCUT2D eigenvalue weighted by Gasteiger charge is -2.01. The number of thiazole rings is 1. The van der Waals surface area contributed by atoms with Crippen LogP contribution in [0.3, 0.4) is 0 Å². The predicted octanol–water partition coefficient (Wildman–Crippen LogP) is 6.90. The van der Waals surface area contributed by atoms with Gasteiger partial charge in [0.1, 0.15) is 0 Å². The Morgan fingerprint density at radius 2 is 1.50 bits per heavy atom. The summed E-state index contributed by atoms with van der Waals surface area (Å²) in [5, 5.41) is 19.5. The van der Waals surface area contributed by atoms with Crippen molar-refractivity contribution in [3.8, 4) is 0 Å². The monoisotopic (exact) mass is 335 g/mol. The molecule has 6 heteroatoms. The second-order valence-corrected chi connectivity index (χ2v) is 6.35. The van der Waals surface area contributed by atoms with E-state index >= 15 is 0 Å². The first-order valence-electron chi connectivity index (χ1n) is 7.53. The predicted molar refractivity (Wildman–Crippen MR) is 97.6 cm³/mol. The molecule has 0 aliphatic rings. The zero-order valence-electron chi connectivity index (χ0n) is 13.8. The molecule has 0 aliphatic heterocycles. The van der Waals surface area contributed by atoms with E-state index in [0.29, 0.717) is 5.13 Å². The molecule has 3 aromatic rings. The largest absolute Gasteiger partial charge is 0.229 e. The molecule has 0 aliphatic carbocycles. The highest BCUT2D eigenvalue weighted by Crippen LogP contribution is 2.28. The molecule has 0 atom stereocenters. The molecule has 0 unspecified atom stereocenters. The maximum Gasteiger partial charge on any atom is 0.229 e. The maximum atomic E-state index is 4.34. The average molecular weight is 335 g/mol. The van der Waals surface area contributed by atoms with Gasteiger partial charge >= 0.3 is 0 Å². The molecule has 120 valence electrons. The number of hydrogen-bond acceptors (Lipinski definition) is 6. The number of aryl methyl sites for hydroxylation is 3. The molecule has 0 N–H and O–H groups in total. The number of benzene rings is 2. The fraction of sp³-hybridized carbons (Fsp3) is 0.167. The zero-order valence-corrected chi connectivity index (χ0v) is 14.6. The molecular formula is C18H17N5S. The van der Waals surface area contributed by atoms with Crippen molar-refractivity contribution in [1.29, 1.82) is 0 Å². The summed E-state index contributed by atoms with van der Waals surface area (Å²) in [4.78, 5) is 4.08. The first-order chi connectivity index (χ1) is 11.6. The molecule has 5 nitrogen and oxygen atoms in total. The van der Waals surface area contributed by atoms with Gasteiger partial charge in [0.15, 0.2) is 0 Å². The van der Waals surface area contributed by atoms with Crippen LogP contribution in [-0.4, -0.2) is 4.98 Å². The van der Waals surface area contributed by atoms with E-state index in [-0.39, 0.29) is 0 Å². The molecule has 0 fully saturated rings. The van der Waals surface area contributed by atoms with Crippen LogP contribution in [0, 0.1) is 20.8 Å². The summed E-state index contributed by atoms with van der Waals surface area (Å²) in [5.41, 5.74) is 5.80. The van der Waals surface area contributed by atoms with Gasteiger partial charge in [0.05, 0.1) is 17.1 Å². The van der Waals surface area contributed by atoms with Gasteiger partial charge in [-0.15, -0.1) is 21.6 Å². The van der Waals surface area contributed by atoms with Gasteiger partial charge in [0.2, 0.25) is 5.13 Å². The molecule has 1 aromatic heterocycles. The Bertz CT molecular complexity index is 898. The first-order valence-corrected chi connectivity index (χ1v) is 8.41. The van der Waals surface area contributed by atoms with E-state index in [1.54, 1.807) is 6.20 Å². The molecule has 2 aromatic carbocycles. The minimum Gasteiger partial charge on any atom is -0.226 e. The van der Waals surface area contributed by atoms with Gasteiger partial charge in [-0.3, -0.25) is 0 Å². The molecule has 0 amide bonds. The number of azo groups is 2. The van der Waals surface area contributed by atoms with Crippen molar-refractivity contribution >= 4 is 33.5 Å². The highest BCUT2D eigenvalue weighted by atomic mass is 32.1. The topological polar surface area (TPSA) is 62.3 Å². The van der Waals surface area contributed by atoms with Crippen molar-refractivity contribution < 1.29 is 0 Å². The fourth-order valence-corrected chi connectivity index (χ4v) is 2.66. The van der Waals surface area contributed by atoms with E-state index in [4.69, 9.17) is 0 Å². The minimum absolute atomic E-state index is 0.646. The summed E-state index contributed by atoms with van der Waals surface area (Å²) in [6, 6.07) is 11.8. The molecule has 3 rings (SSSR count). The molecule has 0 bridgehead atoms. The molecule has 0 saturated carbocycles. The average Bonchev–Trinajstić information content (AvgIpc) is 3.06. The van der Waals surface area contributed by atoms with Gasteiger partial charge in [-0.25, -0.2) is 4.98 Å². The van der Waals surface area contributed by atoms with Crippen LogP contribution in [0.2, 0.25) is 0 Å². The highest BCUT2D eigenvalue weighted by Gasteiger charge is 2.01. The van der Waals surface area contributed by atoms with Crippen LogP contribution >= 0.6 is 11.3 Å². The third-order valence-corrected chi connectivity index (χ3v) is 4.12. The maximum absolute atomic E-state index is 4.34. The van der Waals surface area contributed by atoms with Gasteiger partial charge in [0.25, 0.3) is 0 Å². The van der Waals surface area contributed by atoms with Gasteiger partial charge < -0.3 is 0 Å². The summed E-state index contributed by atoms with van der Waals surface area (Å²) < 4.78 is 0. The molecule has 0 spiro atoms. The molecule has 0 radical (unpaired) electrons. The summed E-state index contributed by atoms with van der Waals surface area (Å²) in [7, 11) is 0. The Labute approximate surface area is 144 Å². The van der Waals surface area contributed by atoms with Crippen LogP contribution < -0.4 is 0 Å². The second-order valence-electron chi connectivity index (χ2n) is 5.48. The van der Waals surface area contributed by atoms with E-state index in [1.165, 1.54) is 16.9 Å². The summed E-state index contributed by atoms with van der Waals surface area (Å²) in [6.45, 7) is 6.08. The highest BCUT2D eigenvalue weighted by molar-refractivity contribution is 7.13. The fourth-order valence-electron chi connectivity index (χ4n) is 2.21. The van der Waals surface area contributed by atoms with Crippen molar-refractivity contribution in [3.63, 3.8) is 0 Å². The number of rotatable bonds is 4. The quantitative estimate of drug-likeness (QED) is 0.478. The molecule has 0 saturated heterocycles. The summed E-state index contributed by atoms with van der Waals surface area (Å²) in [6.07, 6.45) is 1.71. The Kier molecular flexibility index (Phi) is 4.86. The Balaban J connectivity index is 1.78. The van der Waals surface area contributed by atoms with Crippen LogP contribution in [0.25, 0.3) is 0 Å². The lowest BCUT2D eigenvalue weighted by molar-refractivity contribution is 1.17. The van der Waals surface area contributed by atoms with Gasteiger partial charge in [-0.05, 0) is 56.2 Å². The van der Waals surface area contributed by atoms with Gasteiger partial charge in [-0.2, -0.15) is 10.2 Å². The van der Waals surface area contributed by atoms with Gasteiger partial charge in [-0.1, -0.05) is 17.7 Å². The lowest BCUT2D eigenvalue weighted by Crippen LogP contribution is -1.77. The van der Waals surface area contributed by atoms with Crippen molar-refractivity contribution in [2.45, 2.75) is 20.8 Å². The number of nitrogens with zero attached hydrogens (tertiary/aromatic N) is 5. The van der Waals surface area contributed by atoms with Crippen molar-refractivity contribution in [2.75, 3.05) is 0 Å². The third kappa shape index (κ3) is 3.97. The van der Waals surface area contributed by atoms with E-state index in [1.807, 2.05) is 49.6 Å². The Morgan fingerprint density at radius 3 is 2.17 bits per heavy atom. The first kappa shape index (κ1) is 16.1. The van der Waals surface area contributed by atoms with Crippen LogP contribution in [0.1, 0.15) is 16.7 Å². The number of aromatic nitrogens is 1. The SMILES string of the molecule is Cc1ccc(N=Nc2ccc(N=Nc3nccs3)c(C)c2)c(C)c1. The van der Waals surface area contributed by atoms with Crippen molar-refractivity contribution in [1.82, 2.24) is 4.98 Å². The van der Waals surface area contributed by atoms with Crippen LogP contribution in [0.5, 0.6) is 0 Å². The van der Waals surface area contributed by atoms with Crippen molar-refractivity contribution in [2.24, 2.45) is 20.5 Å². The standard InChI is InChI=1S/C18H17N5S/c1-12-4-6-16(13(2)10-12)21-20-15-5-7-17(14(3)11-15)22-23-18-19-8-9-24-18/h4-11H,1-3H3. The lowest BCUT2D eigenvalue weighted by atomic mass is 10.1. The third-order valence-electron chi connectivity index (χ3n) is 3.47. The van der Waals surface area contributed by atoms with Gasteiger partial charge in [0, 0.05) is 11.6 Å².